The van der Waals surface area contributed by atoms with E-state index in [1.807, 2.05) is 31.2 Å². The smallest absolute Gasteiger partial charge is 0.254 e. The summed E-state index contributed by atoms with van der Waals surface area (Å²) in [6.07, 6.45) is 6.06. The summed E-state index contributed by atoms with van der Waals surface area (Å²) in [4.78, 5) is 39.2. The number of aryl methyl sites for hydroxylation is 1. The third-order valence-corrected chi connectivity index (χ3v) is 7.01. The fourth-order valence-corrected chi connectivity index (χ4v) is 5.11. The number of carbonyl (C=O) groups excluding carboxylic acids is 2. The van der Waals surface area contributed by atoms with E-state index in [0.717, 1.165) is 53.8 Å². The molecule has 1 saturated carbocycles. The van der Waals surface area contributed by atoms with Crippen LogP contribution in [0.1, 0.15) is 60.6 Å². The number of hydrogen-bond acceptors (Lipinski definition) is 7. The molecule has 2 aromatic heterocycles. The molecule has 0 radical (unpaired) electrons. The molecule has 10 heteroatoms. The van der Waals surface area contributed by atoms with E-state index in [2.05, 4.69) is 25.6 Å². The van der Waals surface area contributed by atoms with Crippen molar-refractivity contribution in [1.82, 2.24) is 20.0 Å². The van der Waals surface area contributed by atoms with Gasteiger partial charge in [0.15, 0.2) is 11.3 Å². The molecule has 36 heavy (non-hydrogen) atoms. The van der Waals surface area contributed by atoms with E-state index in [4.69, 9.17) is 0 Å². The highest BCUT2D eigenvalue weighted by molar-refractivity contribution is 6.00. The zero-order chi connectivity index (χ0) is 25.4. The molecule has 3 N–H and O–H groups in total. The Balaban J connectivity index is 1.50. The van der Waals surface area contributed by atoms with Gasteiger partial charge in [-0.3, -0.25) is 9.59 Å². The predicted octanol–water partition coefficient (Wildman–Crippen LogP) is 3.69. The van der Waals surface area contributed by atoms with Crippen LogP contribution in [-0.2, 0) is 10.3 Å². The standard InChI is InChI=1S/C26H29N7O3/c1-16-12-22(33(36)24-23(16)25(35)31-26(24)10-5-4-6-11-26)30-21-14-20(27-15-28-21)29-18-8-7-9-19(13-18)32(3)17(2)34/h7-9,12-15,36H,4-6,10-11H2,1-3H3,(H,31,35)(H,27,28,29). The van der Waals surface area contributed by atoms with Gasteiger partial charge in [-0.05, 0) is 49.6 Å². The Morgan fingerprint density at radius 2 is 1.97 bits per heavy atom. The quantitative estimate of drug-likeness (QED) is 0.482. The zero-order valence-electron chi connectivity index (χ0n) is 20.6. The number of aromatic nitrogens is 3. The number of hydrogen-bond donors (Lipinski definition) is 3. The average Bonchev–Trinajstić information content (AvgIpc) is 3.14. The van der Waals surface area contributed by atoms with Gasteiger partial charge in [-0.25, -0.2) is 15.0 Å². The molecular formula is C26H29N7O3. The average molecular weight is 488 g/mol. The highest BCUT2D eigenvalue weighted by Gasteiger charge is 2.47. The van der Waals surface area contributed by atoms with Crippen LogP contribution in [0.3, 0.4) is 0 Å². The van der Waals surface area contributed by atoms with E-state index in [1.165, 1.54) is 13.3 Å². The molecule has 1 spiro atoms. The third-order valence-electron chi connectivity index (χ3n) is 7.01. The maximum atomic E-state index is 12.8. The lowest BCUT2D eigenvalue weighted by atomic mass is 9.79. The van der Waals surface area contributed by atoms with Gasteiger partial charge in [0.1, 0.15) is 12.1 Å². The van der Waals surface area contributed by atoms with Crippen LogP contribution in [0.15, 0.2) is 47.7 Å². The molecule has 0 unspecified atom stereocenters. The molecule has 186 valence electrons. The summed E-state index contributed by atoms with van der Waals surface area (Å²) >= 11 is 0. The number of pyridine rings is 1. The van der Waals surface area contributed by atoms with Gasteiger partial charge in [0, 0.05) is 31.4 Å². The van der Waals surface area contributed by atoms with Crippen LogP contribution in [-0.4, -0.2) is 38.8 Å². The Morgan fingerprint density at radius 3 is 2.72 bits per heavy atom. The van der Waals surface area contributed by atoms with E-state index in [0.29, 0.717) is 28.4 Å². The Labute approximate surface area is 208 Å². The van der Waals surface area contributed by atoms with Crippen LogP contribution in [0.4, 0.5) is 23.0 Å². The topological polar surface area (TPSA) is 125 Å². The Morgan fingerprint density at radius 1 is 1.19 bits per heavy atom. The summed E-state index contributed by atoms with van der Waals surface area (Å²) in [5.74, 6) is 0.644. The predicted molar refractivity (Wildman–Crippen MR) is 135 cm³/mol. The molecule has 1 aliphatic carbocycles. The second kappa shape index (κ2) is 9.10. The summed E-state index contributed by atoms with van der Waals surface area (Å²) in [7, 11) is 1.71. The van der Waals surface area contributed by atoms with E-state index in [-0.39, 0.29) is 11.8 Å². The molecule has 0 bridgehead atoms. The Kier molecular flexibility index (Phi) is 5.95. The van der Waals surface area contributed by atoms with E-state index >= 15 is 0 Å². The van der Waals surface area contributed by atoms with E-state index in [9.17, 15) is 14.8 Å². The summed E-state index contributed by atoms with van der Waals surface area (Å²) in [6, 6.07) is 10.8. The first-order valence-corrected chi connectivity index (χ1v) is 12.0. The van der Waals surface area contributed by atoms with Gasteiger partial charge in [-0.15, -0.1) is 0 Å². The molecule has 2 amide bonds. The zero-order valence-corrected chi connectivity index (χ0v) is 20.6. The maximum absolute atomic E-state index is 12.8. The molecular weight excluding hydrogens is 458 g/mol. The highest BCUT2D eigenvalue weighted by Crippen LogP contribution is 2.42. The Hall–Kier alpha value is -4.21. The molecule has 1 fully saturated rings. The third kappa shape index (κ3) is 4.19. The summed E-state index contributed by atoms with van der Waals surface area (Å²) in [6.45, 7) is 3.37. The van der Waals surface area contributed by atoms with Crippen molar-refractivity contribution in [3.05, 3.63) is 65.0 Å². The van der Waals surface area contributed by atoms with E-state index in [1.54, 1.807) is 24.1 Å². The van der Waals surface area contributed by atoms with E-state index < -0.39 is 5.54 Å². The molecule has 3 heterocycles. The fourth-order valence-electron chi connectivity index (χ4n) is 5.11. The molecule has 2 aliphatic rings. The molecule has 0 saturated heterocycles. The number of fused-ring (bicyclic) bond motifs is 2. The molecule has 5 rings (SSSR count). The largest absolute Gasteiger partial charge is 0.427 e. The number of carbonyl (C=O) groups is 2. The van der Waals surface area contributed by atoms with Gasteiger partial charge in [-0.1, -0.05) is 25.3 Å². The van der Waals surface area contributed by atoms with Gasteiger partial charge in [-0.2, -0.15) is 4.73 Å². The Bertz CT molecular complexity index is 1420. The normalized spacial score (nSPS) is 16.5. The number of benzene rings is 1. The van der Waals surface area contributed by atoms with Crippen LogP contribution < -0.4 is 21.0 Å². The minimum Gasteiger partial charge on any atom is -0.427 e. The van der Waals surface area contributed by atoms with Crippen molar-refractivity contribution in [3.63, 3.8) is 0 Å². The number of amides is 2. The van der Waals surface area contributed by atoms with Gasteiger partial charge < -0.3 is 20.7 Å². The van der Waals surface area contributed by atoms with Gasteiger partial charge in [0.05, 0.1) is 16.8 Å². The first-order chi connectivity index (χ1) is 17.3. The number of rotatable bonds is 4. The minimum atomic E-state index is -0.563. The lowest BCUT2D eigenvalue weighted by molar-refractivity contribution is -0.116. The summed E-state index contributed by atoms with van der Waals surface area (Å²) in [5.41, 5.74) is 3.10. The van der Waals surface area contributed by atoms with Gasteiger partial charge in [0.25, 0.3) is 5.91 Å². The number of nitrogens with zero attached hydrogens (tertiary/aromatic N) is 5. The van der Waals surface area contributed by atoms with Crippen LogP contribution in [0.2, 0.25) is 0 Å². The molecule has 3 aromatic rings. The lowest BCUT2D eigenvalue weighted by Crippen LogP contribution is -2.43. The van der Waals surface area contributed by atoms with Crippen LogP contribution in [0, 0.1) is 6.92 Å². The van der Waals surface area contributed by atoms with Crippen molar-refractivity contribution in [3.8, 4) is 0 Å². The molecule has 1 aliphatic heterocycles. The summed E-state index contributed by atoms with van der Waals surface area (Å²) in [5, 5.41) is 17.6. The first kappa shape index (κ1) is 23.5. The molecule has 10 nitrogen and oxygen atoms in total. The van der Waals surface area contributed by atoms with Crippen LogP contribution >= 0.6 is 0 Å². The second-order valence-electron chi connectivity index (χ2n) is 9.44. The van der Waals surface area contributed by atoms with Crippen molar-refractivity contribution < 1.29 is 14.8 Å². The van der Waals surface area contributed by atoms with Gasteiger partial charge in [0.2, 0.25) is 5.91 Å². The number of nitrogens with one attached hydrogen (secondary N) is 2. The molecule has 0 atom stereocenters. The van der Waals surface area contributed by atoms with Crippen LogP contribution in [0.5, 0.6) is 0 Å². The lowest BCUT2D eigenvalue weighted by Gasteiger charge is -2.34. The minimum absolute atomic E-state index is 0.0656. The second-order valence-corrected chi connectivity index (χ2v) is 9.44. The van der Waals surface area contributed by atoms with Crippen molar-refractivity contribution in [2.45, 2.75) is 51.5 Å². The maximum Gasteiger partial charge on any atom is 0.254 e. The van der Waals surface area contributed by atoms with Crippen molar-refractivity contribution in [1.29, 1.82) is 0 Å². The highest BCUT2D eigenvalue weighted by atomic mass is 16.5. The van der Waals surface area contributed by atoms with Crippen molar-refractivity contribution >= 4 is 34.8 Å². The van der Waals surface area contributed by atoms with Crippen molar-refractivity contribution in [2.24, 2.45) is 4.99 Å². The fraction of sp³-hybridized carbons (Fsp3) is 0.346. The van der Waals surface area contributed by atoms with Crippen molar-refractivity contribution in [2.75, 3.05) is 17.3 Å². The molecule has 1 aromatic carbocycles. The monoisotopic (exact) mass is 487 g/mol. The first-order valence-electron chi connectivity index (χ1n) is 12.0. The SMILES string of the molecule is CC(=O)N(C)c1cccc(Nc2cc(N=c3cc(C)c4c(n3O)C3(CCCCC3)NC4=O)ncn2)c1. The van der Waals surface area contributed by atoms with Gasteiger partial charge >= 0.3 is 0 Å². The van der Waals surface area contributed by atoms with Crippen LogP contribution in [0.25, 0.3) is 0 Å². The number of anilines is 3. The summed E-state index contributed by atoms with van der Waals surface area (Å²) < 4.78 is 1.04.